The molecule has 0 aliphatic carbocycles. The average molecular weight is 489 g/mol. The monoisotopic (exact) mass is 488 g/mol. The van der Waals surface area contributed by atoms with E-state index in [1.807, 2.05) is 19.9 Å². The summed E-state index contributed by atoms with van der Waals surface area (Å²) in [6, 6.07) is 13.1. The van der Waals surface area contributed by atoms with Gasteiger partial charge in [-0.15, -0.1) is 0 Å². The minimum Gasteiger partial charge on any atom is -0.444 e. The Morgan fingerprint density at radius 2 is 1.71 bits per heavy atom. The predicted molar refractivity (Wildman–Crippen MR) is 125 cm³/mol. The van der Waals surface area contributed by atoms with Gasteiger partial charge in [0.15, 0.2) is 5.78 Å². The fourth-order valence-electron chi connectivity index (χ4n) is 2.91. The van der Waals surface area contributed by atoms with Crippen molar-refractivity contribution in [2.45, 2.75) is 52.7 Å². The van der Waals surface area contributed by atoms with Crippen molar-refractivity contribution in [3.8, 4) is 0 Å². The number of anilines is 1. The molecule has 0 heterocycles. The molecule has 2 N–H and O–H groups in total. The summed E-state index contributed by atoms with van der Waals surface area (Å²) in [5.41, 5.74) is 0.568. The summed E-state index contributed by atoms with van der Waals surface area (Å²) < 4.78 is 6.03. The summed E-state index contributed by atoms with van der Waals surface area (Å²) in [5.74, 6) is -0.765. The van der Waals surface area contributed by atoms with Crippen LogP contribution in [0, 0.1) is 5.92 Å². The highest BCUT2D eigenvalue weighted by Crippen LogP contribution is 2.25. The van der Waals surface area contributed by atoms with Crippen molar-refractivity contribution in [1.29, 1.82) is 0 Å². The minimum absolute atomic E-state index is 0.142. The highest BCUT2D eigenvalue weighted by molar-refractivity contribution is 9.10. The molecule has 2 rings (SSSR count). The van der Waals surface area contributed by atoms with Gasteiger partial charge in [-0.05, 0) is 44.9 Å². The quantitative estimate of drug-likeness (QED) is 0.499. The van der Waals surface area contributed by atoms with Crippen molar-refractivity contribution < 1.29 is 19.1 Å². The first-order valence-electron chi connectivity index (χ1n) is 10.2. The second kappa shape index (κ2) is 10.6. The Balaban J connectivity index is 2.29. The van der Waals surface area contributed by atoms with E-state index in [-0.39, 0.29) is 11.7 Å². The number of carbonyl (C=O) groups excluding carboxylic acids is 3. The fraction of sp³-hybridized carbons (Fsp3) is 0.375. The third kappa shape index (κ3) is 7.21. The highest BCUT2D eigenvalue weighted by atomic mass is 79.9. The third-order valence-corrected chi connectivity index (χ3v) is 5.18. The average Bonchev–Trinajstić information content (AvgIpc) is 2.71. The van der Waals surface area contributed by atoms with Crippen LogP contribution < -0.4 is 10.6 Å². The number of halogens is 1. The van der Waals surface area contributed by atoms with Crippen molar-refractivity contribution in [3.05, 3.63) is 64.1 Å². The van der Waals surface area contributed by atoms with Crippen molar-refractivity contribution in [1.82, 2.24) is 5.32 Å². The van der Waals surface area contributed by atoms with Crippen LogP contribution in [0.5, 0.6) is 0 Å². The van der Waals surface area contributed by atoms with Crippen LogP contribution in [0.3, 0.4) is 0 Å². The van der Waals surface area contributed by atoms with E-state index in [1.165, 1.54) is 0 Å². The molecule has 2 aromatic rings. The SMILES string of the molecule is CC[C@H](C)[C@H](NC(=O)OC(C)(C)C)C(=O)Nc1ccc(Br)cc1C(=O)c1ccccc1. The van der Waals surface area contributed by atoms with E-state index in [4.69, 9.17) is 4.74 Å². The predicted octanol–water partition coefficient (Wildman–Crippen LogP) is 5.56. The van der Waals surface area contributed by atoms with E-state index in [0.29, 0.717) is 23.2 Å². The molecule has 0 spiro atoms. The van der Waals surface area contributed by atoms with Crippen LogP contribution in [-0.2, 0) is 9.53 Å². The van der Waals surface area contributed by atoms with E-state index in [9.17, 15) is 14.4 Å². The number of amides is 2. The van der Waals surface area contributed by atoms with Crippen LogP contribution in [0.2, 0.25) is 0 Å². The maximum Gasteiger partial charge on any atom is 0.408 e. The number of nitrogens with one attached hydrogen (secondary N) is 2. The Morgan fingerprint density at radius 3 is 2.29 bits per heavy atom. The lowest BCUT2D eigenvalue weighted by Crippen LogP contribution is -2.49. The van der Waals surface area contributed by atoms with Crippen molar-refractivity contribution >= 4 is 39.4 Å². The molecule has 6 nitrogen and oxygen atoms in total. The summed E-state index contributed by atoms with van der Waals surface area (Å²) in [7, 11) is 0. The molecule has 0 unspecified atom stereocenters. The van der Waals surface area contributed by atoms with Gasteiger partial charge in [-0.1, -0.05) is 66.5 Å². The molecule has 0 aromatic heterocycles. The molecule has 2 atom stereocenters. The van der Waals surface area contributed by atoms with Gasteiger partial charge >= 0.3 is 6.09 Å². The van der Waals surface area contributed by atoms with Gasteiger partial charge in [0, 0.05) is 15.6 Å². The molecular weight excluding hydrogens is 460 g/mol. The summed E-state index contributed by atoms with van der Waals surface area (Å²) in [6.07, 6.45) is 0.00801. The second-order valence-electron chi connectivity index (χ2n) is 8.38. The molecule has 0 aliphatic rings. The Kier molecular flexibility index (Phi) is 8.39. The molecule has 2 aromatic carbocycles. The van der Waals surface area contributed by atoms with Gasteiger partial charge in [-0.2, -0.15) is 0 Å². The lowest BCUT2D eigenvalue weighted by Gasteiger charge is -2.26. The molecular formula is C24H29BrN2O4. The topological polar surface area (TPSA) is 84.5 Å². The molecule has 31 heavy (non-hydrogen) atoms. The second-order valence-corrected chi connectivity index (χ2v) is 9.30. The zero-order valence-corrected chi connectivity index (χ0v) is 20.1. The molecule has 0 bridgehead atoms. The summed E-state index contributed by atoms with van der Waals surface area (Å²) >= 11 is 3.39. The van der Waals surface area contributed by atoms with Gasteiger partial charge in [-0.3, -0.25) is 9.59 Å². The van der Waals surface area contributed by atoms with Gasteiger partial charge in [-0.25, -0.2) is 4.79 Å². The number of alkyl carbamates (subject to hydrolysis) is 1. The number of ketones is 1. The summed E-state index contributed by atoms with van der Waals surface area (Å²) in [6.45, 7) is 9.08. The lowest BCUT2D eigenvalue weighted by molar-refractivity contribution is -0.119. The van der Waals surface area contributed by atoms with Gasteiger partial charge in [0.1, 0.15) is 11.6 Å². The molecule has 0 fully saturated rings. The van der Waals surface area contributed by atoms with Crippen molar-refractivity contribution in [2.75, 3.05) is 5.32 Å². The molecule has 166 valence electrons. The van der Waals surface area contributed by atoms with Gasteiger partial charge in [0.25, 0.3) is 0 Å². The first-order chi connectivity index (χ1) is 14.5. The number of hydrogen-bond donors (Lipinski definition) is 2. The summed E-state index contributed by atoms with van der Waals surface area (Å²) in [4.78, 5) is 38.4. The van der Waals surface area contributed by atoms with Crippen LogP contribution in [0.15, 0.2) is 53.0 Å². The number of carbonyl (C=O) groups is 3. The van der Waals surface area contributed by atoms with E-state index < -0.39 is 23.6 Å². The van der Waals surface area contributed by atoms with E-state index in [2.05, 4.69) is 26.6 Å². The van der Waals surface area contributed by atoms with Gasteiger partial charge in [0.2, 0.25) is 5.91 Å². The van der Waals surface area contributed by atoms with Crippen LogP contribution in [-0.4, -0.2) is 29.4 Å². The first kappa shape index (κ1) is 24.6. The molecule has 0 saturated carbocycles. The zero-order valence-electron chi connectivity index (χ0n) is 18.5. The molecule has 0 radical (unpaired) electrons. The fourth-order valence-corrected chi connectivity index (χ4v) is 3.27. The first-order valence-corrected chi connectivity index (χ1v) is 11.0. The Hall–Kier alpha value is -2.67. The zero-order chi connectivity index (χ0) is 23.2. The molecule has 2 amide bonds. The number of hydrogen-bond acceptors (Lipinski definition) is 4. The van der Waals surface area contributed by atoms with Gasteiger partial charge in [0.05, 0.1) is 5.69 Å². The summed E-state index contributed by atoms with van der Waals surface area (Å²) in [5, 5.41) is 5.49. The van der Waals surface area contributed by atoms with Crippen LogP contribution in [0.4, 0.5) is 10.5 Å². The van der Waals surface area contributed by atoms with Crippen molar-refractivity contribution in [2.24, 2.45) is 5.92 Å². The van der Waals surface area contributed by atoms with E-state index in [1.54, 1.807) is 63.2 Å². The molecule has 0 aliphatic heterocycles. The maximum absolute atomic E-state index is 13.1. The third-order valence-electron chi connectivity index (χ3n) is 4.69. The smallest absolute Gasteiger partial charge is 0.408 e. The maximum atomic E-state index is 13.1. The number of benzene rings is 2. The van der Waals surface area contributed by atoms with Gasteiger partial charge < -0.3 is 15.4 Å². The van der Waals surface area contributed by atoms with Crippen LogP contribution in [0.1, 0.15) is 57.0 Å². The van der Waals surface area contributed by atoms with Crippen LogP contribution >= 0.6 is 15.9 Å². The standard InChI is InChI=1S/C24H29BrN2O4/c1-6-15(2)20(27-23(30)31-24(3,4)5)22(29)26-19-13-12-17(25)14-18(19)21(28)16-10-8-7-9-11-16/h7-15,20H,6H2,1-5H3,(H,26,29)(H,27,30)/t15-,20-/m0/s1. The van der Waals surface area contributed by atoms with E-state index >= 15 is 0 Å². The van der Waals surface area contributed by atoms with Crippen LogP contribution in [0.25, 0.3) is 0 Å². The normalized spacial score (nSPS) is 13.1. The Labute approximate surface area is 191 Å². The molecule has 0 saturated heterocycles. The Morgan fingerprint density at radius 1 is 1.06 bits per heavy atom. The number of ether oxygens (including phenoxy) is 1. The Bertz CT molecular complexity index is 938. The number of rotatable bonds is 7. The minimum atomic E-state index is -0.817. The largest absolute Gasteiger partial charge is 0.444 e. The molecule has 7 heteroatoms. The van der Waals surface area contributed by atoms with E-state index in [0.717, 1.165) is 4.47 Å². The highest BCUT2D eigenvalue weighted by Gasteiger charge is 2.29. The van der Waals surface area contributed by atoms with Crippen molar-refractivity contribution in [3.63, 3.8) is 0 Å². The lowest BCUT2D eigenvalue weighted by atomic mass is 9.97.